The minimum absolute atomic E-state index is 0.348. The Morgan fingerprint density at radius 3 is 2.32 bits per heavy atom. The Balaban J connectivity index is 2.44. The van der Waals surface area contributed by atoms with Crippen molar-refractivity contribution in [3.8, 4) is 5.75 Å². The smallest absolute Gasteiger partial charge is 0.416 e. The van der Waals surface area contributed by atoms with E-state index >= 15 is 0 Å². The third kappa shape index (κ3) is 4.73. The molecule has 0 fully saturated rings. The highest BCUT2D eigenvalue weighted by Gasteiger charge is 2.33. The van der Waals surface area contributed by atoms with E-state index < -0.39 is 44.0 Å². The predicted octanol–water partition coefficient (Wildman–Crippen LogP) is 4.76. The van der Waals surface area contributed by atoms with E-state index in [1.807, 2.05) is 4.72 Å². The van der Waals surface area contributed by atoms with Gasteiger partial charge in [-0.1, -0.05) is 23.7 Å². The van der Waals surface area contributed by atoms with Gasteiger partial charge in [0.15, 0.2) is 0 Å². The summed E-state index contributed by atoms with van der Waals surface area (Å²) in [5.74, 6) is -0.496. The van der Waals surface area contributed by atoms with Gasteiger partial charge < -0.3 is 4.74 Å². The van der Waals surface area contributed by atoms with Gasteiger partial charge in [0, 0.05) is 0 Å². The maximum absolute atomic E-state index is 12.8. The van der Waals surface area contributed by atoms with Crippen molar-refractivity contribution in [2.75, 3.05) is 4.72 Å². The van der Waals surface area contributed by atoms with E-state index in [1.165, 1.54) is 12.1 Å². The molecule has 2 aromatic carbocycles. The highest BCUT2D eigenvalue weighted by molar-refractivity contribution is 7.92. The first-order chi connectivity index (χ1) is 11.5. The SMILES string of the molecule is O=S(=O)(Nc1ccccc1OC(F)F)c1cc(C(F)(F)F)ccc1Cl. The van der Waals surface area contributed by atoms with E-state index in [4.69, 9.17) is 11.6 Å². The van der Waals surface area contributed by atoms with Gasteiger partial charge in [-0.05, 0) is 30.3 Å². The molecule has 2 aromatic rings. The number of hydrogen-bond donors (Lipinski definition) is 1. The van der Waals surface area contributed by atoms with Crippen molar-refractivity contribution < 1.29 is 35.1 Å². The second-order valence-electron chi connectivity index (χ2n) is 4.62. The maximum atomic E-state index is 12.8. The second kappa shape index (κ2) is 7.04. The summed E-state index contributed by atoms with van der Waals surface area (Å²) in [4.78, 5) is -0.851. The quantitative estimate of drug-likeness (QED) is 0.735. The standard InChI is InChI=1S/C14H9ClF5NO3S/c15-9-6-5-8(14(18,19)20)7-12(9)25(22,23)21-10-3-1-2-4-11(10)24-13(16)17/h1-7,13,21H. The van der Waals surface area contributed by atoms with Crippen molar-refractivity contribution in [2.45, 2.75) is 17.7 Å². The van der Waals surface area contributed by atoms with Gasteiger partial charge in [0.1, 0.15) is 10.6 Å². The van der Waals surface area contributed by atoms with E-state index in [0.29, 0.717) is 12.1 Å². The highest BCUT2D eigenvalue weighted by atomic mass is 35.5. The van der Waals surface area contributed by atoms with Crippen molar-refractivity contribution in [2.24, 2.45) is 0 Å². The molecule has 136 valence electrons. The van der Waals surface area contributed by atoms with E-state index in [-0.39, 0.29) is 5.69 Å². The summed E-state index contributed by atoms with van der Waals surface area (Å²) < 4.78 is 93.7. The van der Waals surface area contributed by atoms with Gasteiger partial charge in [-0.2, -0.15) is 22.0 Å². The predicted molar refractivity (Wildman–Crippen MR) is 80.3 cm³/mol. The molecule has 0 aliphatic rings. The van der Waals surface area contributed by atoms with E-state index in [9.17, 15) is 30.4 Å². The number of ether oxygens (including phenoxy) is 1. The molecule has 0 spiro atoms. The largest absolute Gasteiger partial charge is 0.433 e. The molecule has 0 saturated heterocycles. The minimum atomic E-state index is -4.79. The Morgan fingerprint density at radius 2 is 1.72 bits per heavy atom. The van der Waals surface area contributed by atoms with Crippen molar-refractivity contribution in [1.82, 2.24) is 0 Å². The fraction of sp³-hybridized carbons (Fsp3) is 0.143. The first kappa shape index (κ1) is 19.3. The monoisotopic (exact) mass is 401 g/mol. The third-order valence-corrected chi connectivity index (χ3v) is 4.74. The molecule has 4 nitrogen and oxygen atoms in total. The summed E-state index contributed by atoms with van der Waals surface area (Å²) in [6.07, 6.45) is -4.79. The zero-order valence-electron chi connectivity index (χ0n) is 12.0. The molecule has 0 atom stereocenters. The Labute approximate surface area is 144 Å². The Bertz CT molecular complexity index is 871. The van der Waals surface area contributed by atoms with Crippen molar-refractivity contribution in [3.63, 3.8) is 0 Å². The van der Waals surface area contributed by atoms with Crippen LogP contribution in [-0.4, -0.2) is 15.0 Å². The molecule has 11 heteroatoms. The zero-order chi connectivity index (χ0) is 18.8. The zero-order valence-corrected chi connectivity index (χ0v) is 13.6. The van der Waals surface area contributed by atoms with E-state index in [2.05, 4.69) is 4.74 Å². The first-order valence-corrected chi connectivity index (χ1v) is 8.30. The van der Waals surface area contributed by atoms with Crippen LogP contribution in [0.15, 0.2) is 47.4 Å². The molecule has 0 aliphatic heterocycles. The minimum Gasteiger partial charge on any atom is -0.433 e. The molecule has 0 heterocycles. The van der Waals surface area contributed by atoms with Gasteiger partial charge in [0.2, 0.25) is 0 Å². The van der Waals surface area contributed by atoms with Crippen LogP contribution in [0.4, 0.5) is 27.6 Å². The van der Waals surface area contributed by atoms with Crippen molar-refractivity contribution >= 4 is 27.3 Å². The molecule has 1 N–H and O–H groups in total. The summed E-state index contributed by atoms with van der Waals surface area (Å²) >= 11 is 5.68. The van der Waals surface area contributed by atoms with Gasteiger partial charge >= 0.3 is 12.8 Å². The van der Waals surface area contributed by atoms with Crippen LogP contribution in [0.2, 0.25) is 5.02 Å². The van der Waals surface area contributed by atoms with Gasteiger partial charge in [0.25, 0.3) is 10.0 Å². The van der Waals surface area contributed by atoms with Crippen LogP contribution in [0, 0.1) is 0 Å². The molecule has 2 rings (SSSR count). The van der Waals surface area contributed by atoms with Crippen LogP contribution in [0.1, 0.15) is 5.56 Å². The lowest BCUT2D eigenvalue weighted by atomic mass is 10.2. The molecule has 0 aromatic heterocycles. The van der Waals surface area contributed by atoms with Crippen LogP contribution in [0.25, 0.3) is 0 Å². The number of anilines is 1. The molecule has 0 radical (unpaired) electrons. The topological polar surface area (TPSA) is 55.4 Å². The van der Waals surface area contributed by atoms with Crippen LogP contribution < -0.4 is 9.46 Å². The Morgan fingerprint density at radius 1 is 1.08 bits per heavy atom. The van der Waals surface area contributed by atoms with E-state index in [0.717, 1.165) is 18.2 Å². The lowest BCUT2D eigenvalue weighted by Gasteiger charge is -2.15. The Hall–Kier alpha value is -2.07. The second-order valence-corrected chi connectivity index (χ2v) is 6.68. The molecular weight excluding hydrogens is 393 g/mol. The molecule has 0 aliphatic carbocycles. The summed E-state index contributed by atoms with van der Waals surface area (Å²) in [6, 6.07) is 6.56. The van der Waals surface area contributed by atoms with Gasteiger partial charge in [-0.25, -0.2) is 8.42 Å². The normalized spacial score (nSPS) is 12.3. The molecule has 0 saturated carbocycles. The molecule has 0 bridgehead atoms. The summed E-state index contributed by atoms with van der Waals surface area (Å²) in [5.41, 5.74) is -1.61. The average molecular weight is 402 g/mol. The fourth-order valence-electron chi connectivity index (χ4n) is 1.84. The lowest BCUT2D eigenvalue weighted by Crippen LogP contribution is -2.16. The number of sulfonamides is 1. The molecule has 0 amide bonds. The number of para-hydroxylation sites is 2. The van der Waals surface area contributed by atoms with Gasteiger partial charge in [0.05, 0.1) is 16.3 Å². The van der Waals surface area contributed by atoms with Crippen LogP contribution in [0.5, 0.6) is 5.75 Å². The van der Waals surface area contributed by atoms with E-state index in [1.54, 1.807) is 0 Å². The number of nitrogens with one attached hydrogen (secondary N) is 1. The highest BCUT2D eigenvalue weighted by Crippen LogP contribution is 2.35. The van der Waals surface area contributed by atoms with Crippen LogP contribution in [0.3, 0.4) is 0 Å². The average Bonchev–Trinajstić information content (AvgIpc) is 2.47. The number of halogens is 6. The maximum Gasteiger partial charge on any atom is 0.416 e. The van der Waals surface area contributed by atoms with Gasteiger partial charge in [-0.15, -0.1) is 0 Å². The number of rotatable bonds is 5. The molecule has 0 unspecified atom stereocenters. The number of benzene rings is 2. The first-order valence-electron chi connectivity index (χ1n) is 6.44. The van der Waals surface area contributed by atoms with Crippen LogP contribution >= 0.6 is 11.6 Å². The van der Waals surface area contributed by atoms with Crippen LogP contribution in [-0.2, 0) is 16.2 Å². The summed E-state index contributed by atoms with van der Waals surface area (Å²) in [5, 5.41) is -0.465. The Kier molecular flexibility index (Phi) is 5.43. The lowest BCUT2D eigenvalue weighted by molar-refractivity contribution is -0.137. The van der Waals surface area contributed by atoms with Crippen molar-refractivity contribution in [1.29, 1.82) is 0 Å². The summed E-state index contributed by atoms with van der Waals surface area (Å²) in [7, 11) is -4.59. The van der Waals surface area contributed by atoms with Crippen molar-refractivity contribution in [3.05, 3.63) is 53.1 Å². The number of alkyl halides is 5. The number of hydrogen-bond acceptors (Lipinski definition) is 3. The molecule has 25 heavy (non-hydrogen) atoms. The fourth-order valence-corrected chi connectivity index (χ4v) is 3.43. The molecular formula is C14H9ClF5NO3S. The summed E-state index contributed by atoms with van der Waals surface area (Å²) in [6.45, 7) is -3.22. The third-order valence-electron chi connectivity index (χ3n) is 2.90. The van der Waals surface area contributed by atoms with Gasteiger partial charge in [-0.3, -0.25) is 4.72 Å².